The Hall–Kier alpha value is -0.490. The normalized spacial score (nSPS) is 18.3. The maximum absolute atomic E-state index is 6.00. The number of halogens is 1. The zero-order valence-electron chi connectivity index (χ0n) is 7.02. The van der Waals surface area contributed by atoms with Gasteiger partial charge in [-0.05, 0) is 31.4 Å². The molecule has 0 fully saturated rings. The molecule has 0 aromatic carbocycles. The first kappa shape index (κ1) is 8.61. The highest BCUT2D eigenvalue weighted by atomic mass is 35.5. The van der Waals surface area contributed by atoms with E-state index in [9.17, 15) is 0 Å². The average molecular weight is 169 g/mol. The Labute approximate surface area is 73.3 Å². The van der Waals surface area contributed by atoms with Gasteiger partial charge in [-0.3, -0.25) is 0 Å². The molecule has 0 aromatic rings. The Morgan fingerprint density at radius 2 is 2.27 bits per heavy atom. The molecule has 0 bridgehead atoms. The van der Waals surface area contributed by atoms with Gasteiger partial charge in [0, 0.05) is 5.03 Å². The zero-order chi connectivity index (χ0) is 8.27. The van der Waals surface area contributed by atoms with Crippen molar-refractivity contribution in [2.75, 3.05) is 0 Å². The van der Waals surface area contributed by atoms with Crippen LogP contribution in [-0.2, 0) is 0 Å². The minimum Gasteiger partial charge on any atom is -0.0841 e. The third-order valence-corrected chi connectivity index (χ3v) is 2.47. The van der Waals surface area contributed by atoms with E-state index in [0.717, 1.165) is 17.9 Å². The lowest BCUT2D eigenvalue weighted by atomic mass is 10.0. The molecule has 0 nitrogen and oxygen atoms in total. The Morgan fingerprint density at radius 3 is 2.91 bits per heavy atom. The van der Waals surface area contributed by atoms with Gasteiger partial charge in [0.1, 0.15) is 0 Å². The van der Waals surface area contributed by atoms with Crippen LogP contribution >= 0.6 is 11.6 Å². The van der Waals surface area contributed by atoms with Crippen molar-refractivity contribution in [2.45, 2.75) is 26.7 Å². The van der Waals surface area contributed by atoms with Gasteiger partial charge in [-0.1, -0.05) is 36.2 Å². The maximum atomic E-state index is 6.00. The van der Waals surface area contributed by atoms with E-state index in [1.807, 2.05) is 12.2 Å². The summed E-state index contributed by atoms with van der Waals surface area (Å²) < 4.78 is 0. The number of hydrogen-bond acceptors (Lipinski definition) is 0. The van der Waals surface area contributed by atoms with Crippen LogP contribution in [0.3, 0.4) is 0 Å². The van der Waals surface area contributed by atoms with Gasteiger partial charge in [0.25, 0.3) is 0 Å². The summed E-state index contributed by atoms with van der Waals surface area (Å²) in [5, 5.41) is 0.885. The van der Waals surface area contributed by atoms with Crippen molar-refractivity contribution in [3.8, 4) is 0 Å². The molecule has 1 aliphatic carbocycles. The maximum Gasteiger partial charge on any atom is 0.0434 e. The molecule has 0 amide bonds. The van der Waals surface area contributed by atoms with Gasteiger partial charge in [-0.15, -0.1) is 0 Å². The number of allylic oxidation sites excluding steroid dienone is 6. The van der Waals surface area contributed by atoms with Crippen molar-refractivity contribution in [2.24, 2.45) is 0 Å². The molecule has 0 N–H and O–H groups in total. The van der Waals surface area contributed by atoms with Gasteiger partial charge < -0.3 is 0 Å². The summed E-state index contributed by atoms with van der Waals surface area (Å²) in [5.74, 6) is 0. The van der Waals surface area contributed by atoms with E-state index in [2.05, 4.69) is 19.9 Å². The molecular weight excluding hydrogens is 156 g/mol. The topological polar surface area (TPSA) is 0 Å². The van der Waals surface area contributed by atoms with E-state index in [1.54, 1.807) is 0 Å². The third-order valence-electron chi connectivity index (χ3n) is 2.06. The average Bonchev–Trinajstić information content (AvgIpc) is 2.16. The summed E-state index contributed by atoms with van der Waals surface area (Å²) in [6.45, 7) is 4.26. The molecule has 0 spiro atoms. The lowest BCUT2D eigenvalue weighted by Gasteiger charge is -2.04. The van der Waals surface area contributed by atoms with E-state index in [1.165, 1.54) is 11.1 Å². The first-order chi connectivity index (χ1) is 5.25. The van der Waals surface area contributed by atoms with Crippen molar-refractivity contribution < 1.29 is 0 Å². The molecule has 1 heteroatoms. The summed E-state index contributed by atoms with van der Waals surface area (Å²) in [4.78, 5) is 0. The molecular formula is C10H13Cl. The lowest BCUT2D eigenvalue weighted by Crippen LogP contribution is -1.84. The Kier molecular flexibility index (Phi) is 2.95. The van der Waals surface area contributed by atoms with Crippen molar-refractivity contribution in [3.63, 3.8) is 0 Å². The predicted molar refractivity (Wildman–Crippen MR) is 50.7 cm³/mol. The molecule has 1 rings (SSSR count). The molecule has 60 valence electrons. The third kappa shape index (κ3) is 1.97. The van der Waals surface area contributed by atoms with Crippen molar-refractivity contribution in [1.82, 2.24) is 0 Å². The fourth-order valence-corrected chi connectivity index (χ4v) is 1.43. The van der Waals surface area contributed by atoms with Crippen LogP contribution in [0.4, 0.5) is 0 Å². The molecule has 11 heavy (non-hydrogen) atoms. The molecule has 0 saturated carbocycles. The number of hydrogen-bond donors (Lipinski definition) is 0. The van der Waals surface area contributed by atoms with Gasteiger partial charge in [-0.25, -0.2) is 0 Å². The predicted octanol–water partition coefficient (Wildman–Crippen LogP) is 3.80. The fourth-order valence-electron chi connectivity index (χ4n) is 1.22. The van der Waals surface area contributed by atoms with E-state index in [-0.39, 0.29) is 0 Å². The van der Waals surface area contributed by atoms with Gasteiger partial charge in [-0.2, -0.15) is 0 Å². The van der Waals surface area contributed by atoms with Gasteiger partial charge in [0.15, 0.2) is 0 Å². The van der Waals surface area contributed by atoms with Crippen LogP contribution in [0.15, 0.2) is 34.4 Å². The molecule has 0 heterocycles. The summed E-state index contributed by atoms with van der Waals surface area (Å²) in [7, 11) is 0. The van der Waals surface area contributed by atoms with E-state index >= 15 is 0 Å². The molecule has 0 unspecified atom stereocenters. The summed E-state index contributed by atoms with van der Waals surface area (Å²) in [6.07, 6.45) is 8.28. The van der Waals surface area contributed by atoms with Crippen molar-refractivity contribution in [3.05, 3.63) is 34.4 Å². The van der Waals surface area contributed by atoms with Crippen LogP contribution in [0, 0.1) is 0 Å². The first-order valence-electron chi connectivity index (χ1n) is 3.97. The Balaban J connectivity index is 2.97. The van der Waals surface area contributed by atoms with Crippen LogP contribution in [-0.4, -0.2) is 0 Å². The minimum absolute atomic E-state index is 0.885. The standard InChI is InChI=1S/C10H13Cl/c1-3-9-6-4-5-7-10(11)8(9)2/h4-5,7H,3,6H2,1-2H3. The number of rotatable bonds is 1. The first-order valence-corrected chi connectivity index (χ1v) is 4.34. The molecule has 0 saturated heterocycles. The second-order valence-electron chi connectivity index (χ2n) is 2.73. The molecule has 0 aromatic heterocycles. The summed E-state index contributed by atoms with van der Waals surface area (Å²) in [5.41, 5.74) is 2.69. The fraction of sp³-hybridized carbons (Fsp3) is 0.400. The van der Waals surface area contributed by atoms with Gasteiger partial charge in [0.05, 0.1) is 0 Å². The highest BCUT2D eigenvalue weighted by Crippen LogP contribution is 2.25. The zero-order valence-corrected chi connectivity index (χ0v) is 7.78. The van der Waals surface area contributed by atoms with Crippen LogP contribution in [0.5, 0.6) is 0 Å². The minimum atomic E-state index is 0.885. The van der Waals surface area contributed by atoms with Gasteiger partial charge in [0.2, 0.25) is 0 Å². The Bertz CT molecular complexity index is 231. The SMILES string of the molecule is CCC1=C(C)C(Cl)=CC=CC1. The van der Waals surface area contributed by atoms with Crippen molar-refractivity contribution >= 4 is 11.6 Å². The van der Waals surface area contributed by atoms with Crippen LogP contribution in [0.2, 0.25) is 0 Å². The highest BCUT2D eigenvalue weighted by molar-refractivity contribution is 6.32. The second-order valence-corrected chi connectivity index (χ2v) is 3.14. The molecule has 1 aliphatic rings. The second kappa shape index (κ2) is 3.77. The monoisotopic (exact) mass is 168 g/mol. The highest BCUT2D eigenvalue weighted by Gasteiger charge is 2.03. The smallest absolute Gasteiger partial charge is 0.0434 e. The molecule has 0 atom stereocenters. The van der Waals surface area contributed by atoms with E-state index < -0.39 is 0 Å². The van der Waals surface area contributed by atoms with Crippen LogP contribution < -0.4 is 0 Å². The molecule has 0 radical (unpaired) electrons. The van der Waals surface area contributed by atoms with Crippen LogP contribution in [0.1, 0.15) is 26.7 Å². The summed E-state index contributed by atoms with van der Waals surface area (Å²) >= 11 is 6.00. The summed E-state index contributed by atoms with van der Waals surface area (Å²) in [6, 6.07) is 0. The quantitative estimate of drug-likeness (QED) is 0.559. The lowest BCUT2D eigenvalue weighted by molar-refractivity contribution is 1.01. The van der Waals surface area contributed by atoms with E-state index in [0.29, 0.717) is 0 Å². The molecule has 0 aliphatic heterocycles. The van der Waals surface area contributed by atoms with Gasteiger partial charge >= 0.3 is 0 Å². The largest absolute Gasteiger partial charge is 0.0841 e. The Morgan fingerprint density at radius 1 is 1.55 bits per heavy atom. The van der Waals surface area contributed by atoms with Crippen LogP contribution in [0.25, 0.3) is 0 Å². The van der Waals surface area contributed by atoms with Crippen molar-refractivity contribution in [1.29, 1.82) is 0 Å². The van der Waals surface area contributed by atoms with E-state index in [4.69, 9.17) is 11.6 Å².